The van der Waals surface area contributed by atoms with Gasteiger partial charge in [-0.2, -0.15) is 0 Å². The molecule has 1 aliphatic heterocycles. The van der Waals surface area contributed by atoms with E-state index in [1.54, 1.807) is 31.2 Å². The van der Waals surface area contributed by atoms with Gasteiger partial charge in [0.2, 0.25) is 11.8 Å². The summed E-state index contributed by atoms with van der Waals surface area (Å²) in [4.78, 5) is 36.1. The number of amides is 2. The van der Waals surface area contributed by atoms with Gasteiger partial charge in [0.1, 0.15) is 5.82 Å². The number of ether oxygens (including phenoxy) is 1. The molecule has 2 aromatic rings. The Labute approximate surface area is 149 Å². The minimum atomic E-state index is -0.718. The third-order valence-electron chi connectivity index (χ3n) is 4.03. The second-order valence-electron chi connectivity index (χ2n) is 5.82. The van der Waals surface area contributed by atoms with Crippen LogP contribution in [0.15, 0.2) is 42.5 Å². The van der Waals surface area contributed by atoms with Gasteiger partial charge in [-0.25, -0.2) is 9.18 Å². The molecule has 6 nitrogen and oxygen atoms in total. The van der Waals surface area contributed by atoms with Crippen molar-refractivity contribution in [2.24, 2.45) is 0 Å². The number of anilines is 2. The molecule has 0 aliphatic carbocycles. The highest BCUT2D eigenvalue weighted by Gasteiger charge is 2.31. The summed E-state index contributed by atoms with van der Waals surface area (Å²) in [5.74, 6) is -2.37. The second kappa shape index (κ2) is 7.35. The average Bonchev–Trinajstić information content (AvgIpc) is 2.61. The summed E-state index contributed by atoms with van der Waals surface area (Å²) in [7, 11) is 0. The van der Waals surface area contributed by atoms with Crippen LogP contribution in [0.4, 0.5) is 15.8 Å². The standard InChI is InChI=1S/C19H17FN2O4/c1-2-26-19(25)11-3-6-13(7-4-11)21-18(24)15-10-17(23)22-16-9-12(20)5-8-14(15)16/h3-9,15H,2,10H2,1H3,(H,21,24)(H,22,23)/t15-/m1/s1. The topological polar surface area (TPSA) is 84.5 Å². The molecule has 134 valence electrons. The quantitative estimate of drug-likeness (QED) is 0.825. The average molecular weight is 356 g/mol. The summed E-state index contributed by atoms with van der Waals surface area (Å²) in [5, 5.41) is 5.29. The third kappa shape index (κ3) is 3.72. The molecule has 1 heterocycles. The Bertz CT molecular complexity index is 864. The van der Waals surface area contributed by atoms with Crippen molar-refractivity contribution in [1.29, 1.82) is 0 Å². The van der Waals surface area contributed by atoms with E-state index < -0.39 is 17.7 Å². The van der Waals surface area contributed by atoms with Crippen LogP contribution in [0.1, 0.15) is 35.2 Å². The van der Waals surface area contributed by atoms with Crippen LogP contribution in [0.3, 0.4) is 0 Å². The largest absolute Gasteiger partial charge is 0.462 e. The number of carbonyl (C=O) groups excluding carboxylic acids is 3. The maximum Gasteiger partial charge on any atom is 0.338 e. The van der Waals surface area contributed by atoms with Gasteiger partial charge in [0, 0.05) is 17.8 Å². The van der Waals surface area contributed by atoms with Gasteiger partial charge in [0.15, 0.2) is 0 Å². The van der Waals surface area contributed by atoms with Crippen molar-refractivity contribution in [1.82, 2.24) is 0 Å². The molecule has 0 aromatic heterocycles. The molecule has 0 bridgehead atoms. The monoisotopic (exact) mass is 356 g/mol. The molecule has 0 fully saturated rings. The number of carbonyl (C=O) groups is 3. The first kappa shape index (κ1) is 17.6. The third-order valence-corrected chi connectivity index (χ3v) is 4.03. The van der Waals surface area contributed by atoms with Gasteiger partial charge in [-0.15, -0.1) is 0 Å². The molecule has 2 N–H and O–H groups in total. The molecule has 0 saturated heterocycles. The number of halogens is 1. The lowest BCUT2D eigenvalue weighted by atomic mass is 9.89. The number of benzene rings is 2. The van der Waals surface area contributed by atoms with E-state index in [2.05, 4.69) is 10.6 Å². The molecule has 7 heteroatoms. The number of esters is 1. The fourth-order valence-electron chi connectivity index (χ4n) is 2.80. The predicted octanol–water partition coefficient (Wildman–Crippen LogP) is 3.07. The summed E-state index contributed by atoms with van der Waals surface area (Å²) >= 11 is 0. The highest BCUT2D eigenvalue weighted by molar-refractivity contribution is 6.05. The summed E-state index contributed by atoms with van der Waals surface area (Å²) in [6.07, 6.45) is -0.0224. The van der Waals surface area contributed by atoms with Gasteiger partial charge in [-0.05, 0) is 48.9 Å². The Morgan fingerprint density at radius 1 is 1.23 bits per heavy atom. The van der Waals surface area contributed by atoms with Gasteiger partial charge >= 0.3 is 5.97 Å². The van der Waals surface area contributed by atoms with Crippen molar-refractivity contribution in [3.8, 4) is 0 Å². The summed E-state index contributed by atoms with van der Waals surface area (Å²) in [6.45, 7) is 2.00. The van der Waals surface area contributed by atoms with Gasteiger partial charge in [-0.1, -0.05) is 6.07 Å². The summed E-state index contributed by atoms with van der Waals surface area (Å²) in [5.41, 5.74) is 1.73. The van der Waals surface area contributed by atoms with Crippen molar-refractivity contribution in [3.05, 3.63) is 59.4 Å². The first-order valence-electron chi connectivity index (χ1n) is 8.15. The molecular formula is C19H17FN2O4. The summed E-state index contributed by atoms with van der Waals surface area (Å²) < 4.78 is 18.3. The highest BCUT2D eigenvalue weighted by Crippen LogP contribution is 2.33. The molecule has 1 aliphatic rings. The fourth-order valence-corrected chi connectivity index (χ4v) is 2.80. The Hall–Kier alpha value is -3.22. The fraction of sp³-hybridized carbons (Fsp3) is 0.211. The molecule has 0 radical (unpaired) electrons. The number of fused-ring (bicyclic) bond motifs is 1. The minimum Gasteiger partial charge on any atom is -0.462 e. The van der Waals surface area contributed by atoms with Crippen LogP contribution < -0.4 is 10.6 Å². The smallest absolute Gasteiger partial charge is 0.338 e. The van der Waals surface area contributed by atoms with E-state index >= 15 is 0 Å². The number of hydrogen-bond acceptors (Lipinski definition) is 4. The molecule has 2 aromatic carbocycles. The van der Waals surface area contributed by atoms with E-state index in [9.17, 15) is 18.8 Å². The normalized spacial score (nSPS) is 15.6. The van der Waals surface area contributed by atoms with Gasteiger partial charge in [0.25, 0.3) is 0 Å². The maximum atomic E-state index is 13.4. The van der Waals surface area contributed by atoms with Crippen LogP contribution in [-0.4, -0.2) is 24.4 Å². The lowest BCUT2D eigenvalue weighted by Crippen LogP contribution is -2.30. The van der Waals surface area contributed by atoms with Gasteiger partial charge < -0.3 is 15.4 Å². The van der Waals surface area contributed by atoms with Crippen molar-refractivity contribution in [2.75, 3.05) is 17.2 Å². The van der Waals surface area contributed by atoms with Crippen LogP contribution in [0.25, 0.3) is 0 Å². The van der Waals surface area contributed by atoms with E-state index in [0.717, 1.165) is 0 Å². The van der Waals surface area contributed by atoms with E-state index in [1.807, 2.05) is 0 Å². The number of hydrogen-bond donors (Lipinski definition) is 2. The van der Waals surface area contributed by atoms with Crippen molar-refractivity contribution in [3.63, 3.8) is 0 Å². The lowest BCUT2D eigenvalue weighted by Gasteiger charge is -2.24. The Morgan fingerprint density at radius 2 is 1.96 bits per heavy atom. The number of rotatable bonds is 4. The molecular weight excluding hydrogens is 339 g/mol. The zero-order chi connectivity index (χ0) is 18.7. The second-order valence-corrected chi connectivity index (χ2v) is 5.82. The van der Waals surface area contributed by atoms with Crippen LogP contribution >= 0.6 is 0 Å². The first-order valence-corrected chi connectivity index (χ1v) is 8.15. The van der Waals surface area contributed by atoms with Gasteiger partial charge in [-0.3, -0.25) is 9.59 Å². The molecule has 0 spiro atoms. The van der Waals surface area contributed by atoms with Crippen LogP contribution in [0.2, 0.25) is 0 Å². The van der Waals surface area contributed by atoms with Crippen LogP contribution in [0.5, 0.6) is 0 Å². The first-order chi connectivity index (χ1) is 12.5. The molecule has 3 rings (SSSR count). The summed E-state index contributed by atoms with van der Waals surface area (Å²) in [6, 6.07) is 10.2. The van der Waals surface area contributed by atoms with Gasteiger partial charge in [0.05, 0.1) is 18.1 Å². The predicted molar refractivity (Wildman–Crippen MR) is 93.4 cm³/mol. The Balaban J connectivity index is 1.76. The van der Waals surface area contributed by atoms with E-state index in [1.165, 1.54) is 18.2 Å². The lowest BCUT2D eigenvalue weighted by molar-refractivity contribution is -0.123. The maximum absolute atomic E-state index is 13.4. The number of nitrogens with one attached hydrogen (secondary N) is 2. The van der Waals surface area contributed by atoms with Crippen molar-refractivity contribution < 1.29 is 23.5 Å². The van der Waals surface area contributed by atoms with E-state index in [0.29, 0.717) is 22.5 Å². The molecule has 0 unspecified atom stereocenters. The molecule has 0 saturated carbocycles. The molecule has 1 atom stereocenters. The SMILES string of the molecule is CCOC(=O)c1ccc(NC(=O)[C@@H]2CC(=O)Nc3cc(F)ccc32)cc1. The van der Waals surface area contributed by atoms with Crippen LogP contribution in [0, 0.1) is 5.82 Å². The van der Waals surface area contributed by atoms with Crippen LogP contribution in [-0.2, 0) is 14.3 Å². The zero-order valence-corrected chi connectivity index (χ0v) is 14.0. The minimum absolute atomic E-state index is 0.0224. The molecule has 26 heavy (non-hydrogen) atoms. The zero-order valence-electron chi connectivity index (χ0n) is 14.0. The van der Waals surface area contributed by atoms with Crippen molar-refractivity contribution in [2.45, 2.75) is 19.3 Å². The van der Waals surface area contributed by atoms with Crippen molar-refractivity contribution >= 4 is 29.2 Å². The highest BCUT2D eigenvalue weighted by atomic mass is 19.1. The van der Waals surface area contributed by atoms with E-state index in [4.69, 9.17) is 4.74 Å². The molecule has 2 amide bonds. The Morgan fingerprint density at radius 3 is 2.65 bits per heavy atom. The Kier molecular flexibility index (Phi) is 4.97. The van der Waals surface area contributed by atoms with E-state index in [-0.39, 0.29) is 24.8 Å².